The number of phenolic OH excluding ortho intramolecular Hbond substituents is 3. The molecule has 0 saturated heterocycles. The Kier molecular flexibility index (Phi) is 31.2. The Morgan fingerprint density at radius 3 is 1.68 bits per heavy atom. The fourth-order valence-electron chi connectivity index (χ4n) is 6.99. The van der Waals surface area contributed by atoms with Gasteiger partial charge in [-0.2, -0.15) is 9.78 Å². The molecule has 5 aromatic rings. The molecule has 0 radical (unpaired) electrons. The van der Waals surface area contributed by atoms with Crippen molar-refractivity contribution in [3.8, 4) is 35.0 Å². The van der Waals surface area contributed by atoms with E-state index in [0.717, 1.165) is 80.9 Å². The zero-order valence-corrected chi connectivity index (χ0v) is 44.3. The van der Waals surface area contributed by atoms with E-state index >= 15 is 0 Å². The van der Waals surface area contributed by atoms with Crippen molar-refractivity contribution in [2.24, 2.45) is 0 Å². The summed E-state index contributed by atoms with van der Waals surface area (Å²) >= 11 is 0. The Bertz CT molecular complexity index is 2670. The normalized spacial score (nSPS) is 10.6. The van der Waals surface area contributed by atoms with Gasteiger partial charge < -0.3 is 48.4 Å². The first kappa shape index (κ1) is 63.0. The van der Waals surface area contributed by atoms with Gasteiger partial charge in [-0.25, -0.2) is 19.2 Å². The van der Waals surface area contributed by atoms with Crippen molar-refractivity contribution in [3.05, 3.63) is 115 Å². The van der Waals surface area contributed by atoms with E-state index in [1.807, 2.05) is 13.0 Å². The van der Waals surface area contributed by atoms with Crippen molar-refractivity contribution in [2.45, 2.75) is 145 Å². The Hall–Kier alpha value is -7.16. The third-order valence-corrected chi connectivity index (χ3v) is 10.8. The lowest BCUT2D eigenvalue weighted by atomic mass is 10.0. The van der Waals surface area contributed by atoms with E-state index in [4.69, 9.17) is 43.0 Å². The molecule has 0 spiro atoms. The minimum Gasteiger partial charge on any atom is -0.508 e. The van der Waals surface area contributed by atoms with E-state index < -0.39 is 23.2 Å². The summed E-state index contributed by atoms with van der Waals surface area (Å²) in [6.45, 7) is 15.1. The van der Waals surface area contributed by atoms with Crippen molar-refractivity contribution < 1.29 is 72.6 Å². The number of carbonyl (C=O) groups excluding carboxylic acids is 1. The van der Waals surface area contributed by atoms with Crippen LogP contribution in [0, 0.1) is 12.0 Å². The molecule has 0 aliphatic heterocycles. The summed E-state index contributed by atoms with van der Waals surface area (Å²) in [6, 6.07) is 14.3. The monoisotopic (exact) mass is 1030 g/mol. The predicted molar refractivity (Wildman–Crippen MR) is 282 cm³/mol. The summed E-state index contributed by atoms with van der Waals surface area (Å²) in [7, 11) is 1.57. The first-order valence-electron chi connectivity index (χ1n) is 25.5. The molecule has 0 atom stereocenters. The van der Waals surface area contributed by atoms with Gasteiger partial charge in [-0.1, -0.05) is 84.6 Å². The largest absolute Gasteiger partial charge is 0.508 e. The third kappa shape index (κ3) is 23.2. The molecule has 2 aromatic heterocycles. The molecule has 17 heteroatoms. The van der Waals surface area contributed by atoms with Crippen LogP contribution in [0.2, 0.25) is 0 Å². The highest BCUT2D eigenvalue weighted by Gasteiger charge is 2.17. The van der Waals surface area contributed by atoms with Gasteiger partial charge >= 0.3 is 23.2 Å². The van der Waals surface area contributed by atoms with Crippen LogP contribution >= 0.6 is 0 Å². The number of aromatic hydroxyl groups is 3. The maximum Gasteiger partial charge on any atom is 0.351 e. The molecular formula is C57H76O17. The third-order valence-electron chi connectivity index (χ3n) is 10.8. The molecule has 0 unspecified atom stereocenters. The lowest BCUT2D eigenvalue weighted by molar-refractivity contribution is -0.255. The number of esters is 1. The second-order valence-corrected chi connectivity index (χ2v) is 16.5. The Morgan fingerprint density at radius 1 is 0.595 bits per heavy atom. The van der Waals surface area contributed by atoms with Crippen molar-refractivity contribution in [3.63, 3.8) is 0 Å². The number of ether oxygens (including phenoxy) is 3. The second kappa shape index (κ2) is 36.7. The van der Waals surface area contributed by atoms with Crippen LogP contribution in [-0.4, -0.2) is 65.9 Å². The number of phenols is 3. The SMILES string of the molecule is CCCCCCc1cc2cc(C(=O)O)c(=O)oc2cc1OC.CCCCCCc1cc2cc(C(=O)OCC)c(=O)oc2cc1O.CCCCCCc1ccc(O)cc1O.CCOC=C(C#COOCC)OOCC. The molecule has 0 fully saturated rings. The van der Waals surface area contributed by atoms with Crippen LogP contribution in [0.5, 0.6) is 23.0 Å². The number of allylic oxidation sites excluding steroid dienone is 1. The molecule has 74 heavy (non-hydrogen) atoms. The van der Waals surface area contributed by atoms with Gasteiger partial charge in [-0.15, -0.1) is 0 Å². The van der Waals surface area contributed by atoms with Gasteiger partial charge in [0.25, 0.3) is 5.76 Å². The predicted octanol–water partition coefficient (Wildman–Crippen LogP) is 12.4. The number of unbranched alkanes of at least 4 members (excludes halogenated alkanes) is 9. The zero-order chi connectivity index (χ0) is 54.7. The second-order valence-electron chi connectivity index (χ2n) is 16.5. The smallest absolute Gasteiger partial charge is 0.351 e. The highest BCUT2D eigenvalue weighted by molar-refractivity contribution is 5.93. The van der Waals surface area contributed by atoms with Crippen LogP contribution in [0.4, 0.5) is 0 Å². The fraction of sp³-hybridized carbons (Fsp3) is 0.474. The first-order chi connectivity index (χ1) is 35.7. The van der Waals surface area contributed by atoms with Gasteiger partial charge in [-0.05, 0) is 113 Å². The van der Waals surface area contributed by atoms with E-state index in [2.05, 4.69) is 42.6 Å². The number of methoxy groups -OCH3 is 1. The van der Waals surface area contributed by atoms with Crippen LogP contribution in [0.15, 0.2) is 85.0 Å². The molecule has 5 rings (SSSR count). The number of carboxylic acid groups (broad SMARTS) is 1. The summed E-state index contributed by atoms with van der Waals surface area (Å²) in [5.74, 6) is 1.87. The van der Waals surface area contributed by atoms with Crippen molar-refractivity contribution in [2.75, 3.05) is 33.5 Å². The number of carboxylic acids is 1. The highest BCUT2D eigenvalue weighted by Crippen LogP contribution is 2.29. The summed E-state index contributed by atoms with van der Waals surface area (Å²) in [4.78, 5) is 64.8. The van der Waals surface area contributed by atoms with Gasteiger partial charge in [0.1, 0.15) is 51.6 Å². The molecule has 4 N–H and O–H groups in total. The lowest BCUT2D eigenvalue weighted by Crippen LogP contribution is -2.16. The minimum atomic E-state index is -1.28. The first-order valence-corrected chi connectivity index (χ1v) is 25.5. The average molecular weight is 1030 g/mol. The molecule has 0 aliphatic rings. The van der Waals surface area contributed by atoms with E-state index in [1.165, 1.54) is 62.6 Å². The molecule has 0 aliphatic carbocycles. The van der Waals surface area contributed by atoms with Gasteiger partial charge in [0.2, 0.25) is 0 Å². The van der Waals surface area contributed by atoms with Crippen molar-refractivity contribution >= 4 is 33.9 Å². The number of hydrogen-bond acceptors (Lipinski definition) is 16. The molecule has 17 nitrogen and oxygen atoms in total. The number of hydrogen-bond donors (Lipinski definition) is 4. The molecule has 0 bridgehead atoms. The van der Waals surface area contributed by atoms with Crippen LogP contribution in [0.1, 0.15) is 163 Å². The summed E-state index contributed by atoms with van der Waals surface area (Å²) in [6.07, 6.45) is 19.8. The van der Waals surface area contributed by atoms with E-state index in [0.29, 0.717) is 41.9 Å². The number of aromatic carboxylic acids is 1. The lowest BCUT2D eigenvalue weighted by Gasteiger charge is -2.10. The number of rotatable bonds is 26. The Labute approximate surface area is 433 Å². The molecule has 2 heterocycles. The zero-order valence-electron chi connectivity index (χ0n) is 44.3. The number of carbonyl (C=O) groups is 2. The quantitative estimate of drug-likeness (QED) is 0.00765. The van der Waals surface area contributed by atoms with Gasteiger partial charge in [0.05, 0.1) is 33.5 Å². The number of benzene rings is 3. The van der Waals surface area contributed by atoms with E-state index in [-0.39, 0.29) is 46.3 Å². The maximum absolute atomic E-state index is 11.8. The van der Waals surface area contributed by atoms with Crippen molar-refractivity contribution in [1.82, 2.24) is 0 Å². The Balaban J connectivity index is 0.000000346. The van der Waals surface area contributed by atoms with Crippen molar-refractivity contribution in [1.29, 1.82) is 0 Å². The molecular weight excluding hydrogens is 957 g/mol. The fourth-order valence-corrected chi connectivity index (χ4v) is 6.99. The van der Waals surface area contributed by atoms with Crippen LogP contribution in [0.3, 0.4) is 0 Å². The van der Waals surface area contributed by atoms with Gasteiger partial charge in [0, 0.05) is 34.9 Å². The summed E-state index contributed by atoms with van der Waals surface area (Å²) in [5, 5.41) is 38.9. The van der Waals surface area contributed by atoms with Gasteiger partial charge in [-0.3, -0.25) is 4.89 Å². The van der Waals surface area contributed by atoms with E-state index in [1.54, 1.807) is 52.1 Å². The summed E-state index contributed by atoms with van der Waals surface area (Å²) in [5.41, 5.74) is 1.23. The molecule has 0 amide bonds. The molecule has 3 aromatic carbocycles. The topological polar surface area (TPSA) is 240 Å². The standard InChI is InChI=1S/C18H22O5.C17H20O5.C12H18O2.C10H16O5/c1-3-5-6-7-8-12-9-13-10-14(17(20)22-4-2)18(21)23-16(13)11-15(12)19;1-3-4-5-6-7-11-8-12-9-13(16(18)19)17(20)22-15(12)10-14(11)21-2;1-2-3-4-5-6-10-7-8-11(13)9-12(10)14;1-4-11-9-10(15-13-6-3)7-8-14-12-5-2/h9-11,19H,3-8H2,1-2H3;8-10H,3-7H2,1-2H3,(H,18,19);7-9,13-14H,2-6H2,1H3;9H,4-6H2,1-3H3. The maximum atomic E-state index is 11.8. The average Bonchev–Trinajstić information content (AvgIpc) is 3.38. The van der Waals surface area contributed by atoms with Crippen LogP contribution < -0.4 is 16.0 Å². The van der Waals surface area contributed by atoms with Crippen LogP contribution in [-0.2, 0) is 48.3 Å². The Morgan fingerprint density at radius 2 is 1.14 bits per heavy atom. The minimum absolute atomic E-state index is 0.112. The molecule has 0 saturated carbocycles. The van der Waals surface area contributed by atoms with Crippen LogP contribution in [0.25, 0.3) is 21.9 Å². The summed E-state index contributed by atoms with van der Waals surface area (Å²) < 4.78 is 25.4. The number of fused-ring (bicyclic) bond motifs is 2. The highest BCUT2D eigenvalue weighted by atomic mass is 17.2. The van der Waals surface area contributed by atoms with Gasteiger partial charge in [0.15, 0.2) is 6.11 Å². The molecule has 406 valence electrons. The van der Waals surface area contributed by atoms with E-state index in [9.17, 15) is 29.4 Å². The number of aryl methyl sites for hydroxylation is 3.